The number of aryl methyl sites for hydroxylation is 1. The molecule has 0 spiro atoms. The third kappa shape index (κ3) is 3.38. The van der Waals surface area contributed by atoms with Crippen molar-refractivity contribution < 1.29 is 19.1 Å². The zero-order valence-corrected chi connectivity index (χ0v) is 11.9. The molecule has 0 radical (unpaired) electrons. The van der Waals surface area contributed by atoms with E-state index in [0.29, 0.717) is 6.61 Å². The van der Waals surface area contributed by atoms with Crippen LogP contribution in [0.3, 0.4) is 0 Å². The fraction of sp³-hybridized carbons (Fsp3) is 0.500. The van der Waals surface area contributed by atoms with Gasteiger partial charge in [-0.2, -0.15) is 0 Å². The number of benzene rings is 1. The molecule has 0 aromatic heterocycles. The number of hydrogen-bond donors (Lipinski definition) is 0. The van der Waals surface area contributed by atoms with E-state index in [1.54, 1.807) is 0 Å². The predicted molar refractivity (Wildman–Crippen MR) is 73.9 cm³/mol. The van der Waals surface area contributed by atoms with Crippen molar-refractivity contribution in [3.63, 3.8) is 0 Å². The van der Waals surface area contributed by atoms with E-state index in [4.69, 9.17) is 9.47 Å². The number of carbonyl (C=O) groups is 2. The highest BCUT2D eigenvalue weighted by Gasteiger charge is 2.50. The number of esters is 2. The summed E-state index contributed by atoms with van der Waals surface area (Å²) in [6.07, 6.45) is 1.28. The Bertz CT molecular complexity index is 467. The Balaban J connectivity index is 1.71. The maximum atomic E-state index is 11.8. The van der Waals surface area contributed by atoms with Crippen molar-refractivity contribution >= 4 is 11.9 Å². The summed E-state index contributed by atoms with van der Waals surface area (Å²) in [6.45, 7) is 4.18. The monoisotopic (exact) mass is 276 g/mol. The summed E-state index contributed by atoms with van der Waals surface area (Å²) >= 11 is 0. The summed E-state index contributed by atoms with van der Waals surface area (Å²) in [5, 5.41) is 0. The highest BCUT2D eigenvalue weighted by molar-refractivity contribution is 5.99. The Kier molecular flexibility index (Phi) is 4.77. The highest BCUT2D eigenvalue weighted by atomic mass is 16.6. The maximum absolute atomic E-state index is 11.8. The van der Waals surface area contributed by atoms with E-state index in [1.807, 2.05) is 44.2 Å². The first-order chi connectivity index (χ1) is 9.59. The van der Waals surface area contributed by atoms with Crippen LogP contribution in [0.25, 0.3) is 0 Å². The van der Waals surface area contributed by atoms with Crippen LogP contribution in [0.4, 0.5) is 0 Å². The summed E-state index contributed by atoms with van der Waals surface area (Å²) < 4.78 is 10.1. The summed E-state index contributed by atoms with van der Waals surface area (Å²) in [5.41, 5.74) is 1.21. The van der Waals surface area contributed by atoms with Gasteiger partial charge in [-0.25, -0.2) is 0 Å². The van der Waals surface area contributed by atoms with Crippen molar-refractivity contribution in [3.05, 3.63) is 35.9 Å². The number of rotatable bonds is 6. The minimum Gasteiger partial charge on any atom is -0.465 e. The lowest BCUT2D eigenvalue weighted by molar-refractivity contribution is -0.199. The molecule has 0 amide bonds. The molecule has 2 atom stereocenters. The molecule has 1 aliphatic heterocycles. The molecule has 4 heteroatoms. The quantitative estimate of drug-likeness (QED) is 0.455. The molecule has 2 rings (SSSR count). The summed E-state index contributed by atoms with van der Waals surface area (Å²) in [7, 11) is 0. The van der Waals surface area contributed by atoms with Gasteiger partial charge in [-0.05, 0) is 24.3 Å². The van der Waals surface area contributed by atoms with Gasteiger partial charge in [0.1, 0.15) is 6.10 Å². The predicted octanol–water partition coefficient (Wildman–Crippen LogP) is 2.36. The summed E-state index contributed by atoms with van der Waals surface area (Å²) in [4.78, 5) is 23.2. The number of carbonyl (C=O) groups excluding carboxylic acids is 2. The van der Waals surface area contributed by atoms with Crippen LogP contribution in [-0.2, 0) is 25.5 Å². The van der Waals surface area contributed by atoms with Gasteiger partial charge in [-0.1, -0.05) is 44.2 Å². The average Bonchev–Trinajstić information content (AvgIpc) is 2.41. The van der Waals surface area contributed by atoms with Crippen LogP contribution in [0, 0.1) is 11.8 Å². The first-order valence-electron chi connectivity index (χ1n) is 7.00. The molecule has 108 valence electrons. The zero-order chi connectivity index (χ0) is 14.5. The Morgan fingerprint density at radius 3 is 2.60 bits per heavy atom. The molecule has 1 aliphatic rings. The lowest BCUT2D eigenvalue weighted by Crippen LogP contribution is -2.52. The van der Waals surface area contributed by atoms with Gasteiger partial charge in [-0.3, -0.25) is 9.59 Å². The van der Waals surface area contributed by atoms with E-state index < -0.39 is 17.9 Å². The standard InChI is InChI=1S/C16H20O4/c1-11(2)14-13(16(18)20-14)15(17)19-10-6-9-12-7-4-3-5-8-12/h3-5,7-8,11,13-14H,6,9-10H2,1-2H3/t13-,14+/m1/s1. The molecule has 1 saturated heterocycles. The van der Waals surface area contributed by atoms with Gasteiger partial charge in [0.2, 0.25) is 0 Å². The topological polar surface area (TPSA) is 52.6 Å². The fourth-order valence-corrected chi connectivity index (χ4v) is 2.27. The Morgan fingerprint density at radius 1 is 1.30 bits per heavy atom. The van der Waals surface area contributed by atoms with Crippen LogP contribution in [0.5, 0.6) is 0 Å². The second-order valence-electron chi connectivity index (χ2n) is 5.38. The minimum atomic E-state index is -0.730. The smallest absolute Gasteiger partial charge is 0.324 e. The number of cyclic esters (lactones) is 1. The highest BCUT2D eigenvalue weighted by Crippen LogP contribution is 2.29. The molecule has 0 bridgehead atoms. The van der Waals surface area contributed by atoms with E-state index >= 15 is 0 Å². The Hall–Kier alpha value is -1.84. The molecule has 0 saturated carbocycles. The summed E-state index contributed by atoms with van der Waals surface area (Å²) in [5.74, 6) is -1.51. The van der Waals surface area contributed by atoms with E-state index in [1.165, 1.54) is 5.56 Å². The van der Waals surface area contributed by atoms with Gasteiger partial charge >= 0.3 is 11.9 Å². The van der Waals surface area contributed by atoms with E-state index in [2.05, 4.69) is 0 Å². The van der Waals surface area contributed by atoms with Crippen LogP contribution in [0.15, 0.2) is 30.3 Å². The van der Waals surface area contributed by atoms with Crippen LogP contribution >= 0.6 is 0 Å². The van der Waals surface area contributed by atoms with Crippen LogP contribution in [-0.4, -0.2) is 24.6 Å². The Labute approximate surface area is 119 Å². The van der Waals surface area contributed by atoms with Gasteiger partial charge in [0, 0.05) is 0 Å². The maximum Gasteiger partial charge on any atom is 0.324 e. The third-order valence-electron chi connectivity index (χ3n) is 3.44. The van der Waals surface area contributed by atoms with E-state index in [9.17, 15) is 9.59 Å². The molecule has 1 fully saturated rings. The Morgan fingerprint density at radius 2 is 2.00 bits per heavy atom. The molecule has 0 N–H and O–H groups in total. The largest absolute Gasteiger partial charge is 0.465 e. The second-order valence-corrected chi connectivity index (χ2v) is 5.38. The lowest BCUT2D eigenvalue weighted by Gasteiger charge is -2.35. The molecular formula is C16H20O4. The summed E-state index contributed by atoms with van der Waals surface area (Å²) in [6, 6.07) is 10.0. The van der Waals surface area contributed by atoms with Crippen molar-refractivity contribution in [1.29, 1.82) is 0 Å². The van der Waals surface area contributed by atoms with E-state index in [-0.39, 0.29) is 12.0 Å². The first-order valence-corrected chi connectivity index (χ1v) is 7.00. The average molecular weight is 276 g/mol. The lowest BCUT2D eigenvalue weighted by atomic mass is 9.88. The molecule has 0 aliphatic carbocycles. The minimum absolute atomic E-state index is 0.134. The fourth-order valence-electron chi connectivity index (χ4n) is 2.27. The molecule has 1 aromatic carbocycles. The molecular weight excluding hydrogens is 256 g/mol. The SMILES string of the molecule is CC(C)[C@@H]1OC(=O)[C@H]1C(=O)OCCCc1ccccc1. The van der Waals surface area contributed by atoms with Crippen molar-refractivity contribution in [1.82, 2.24) is 0 Å². The van der Waals surface area contributed by atoms with Gasteiger partial charge in [0.15, 0.2) is 5.92 Å². The molecule has 1 aromatic rings. The van der Waals surface area contributed by atoms with Gasteiger partial charge in [0.05, 0.1) is 6.61 Å². The van der Waals surface area contributed by atoms with Gasteiger partial charge < -0.3 is 9.47 Å². The molecule has 0 unspecified atom stereocenters. The molecule has 20 heavy (non-hydrogen) atoms. The van der Waals surface area contributed by atoms with Gasteiger partial charge in [-0.15, -0.1) is 0 Å². The van der Waals surface area contributed by atoms with Gasteiger partial charge in [0.25, 0.3) is 0 Å². The van der Waals surface area contributed by atoms with Crippen molar-refractivity contribution in [2.24, 2.45) is 11.8 Å². The van der Waals surface area contributed by atoms with Crippen molar-refractivity contribution in [2.45, 2.75) is 32.8 Å². The third-order valence-corrected chi connectivity index (χ3v) is 3.44. The van der Waals surface area contributed by atoms with Crippen molar-refractivity contribution in [3.8, 4) is 0 Å². The zero-order valence-electron chi connectivity index (χ0n) is 11.9. The normalized spacial score (nSPS) is 21.2. The number of hydrogen-bond acceptors (Lipinski definition) is 4. The molecule has 4 nitrogen and oxygen atoms in total. The van der Waals surface area contributed by atoms with E-state index in [0.717, 1.165) is 12.8 Å². The van der Waals surface area contributed by atoms with Crippen LogP contribution < -0.4 is 0 Å². The first kappa shape index (κ1) is 14.6. The second kappa shape index (κ2) is 6.55. The van der Waals surface area contributed by atoms with Crippen LogP contribution in [0.2, 0.25) is 0 Å². The molecule has 1 heterocycles. The van der Waals surface area contributed by atoms with Crippen LogP contribution in [0.1, 0.15) is 25.8 Å². The van der Waals surface area contributed by atoms with Crippen molar-refractivity contribution in [2.75, 3.05) is 6.61 Å². The number of ether oxygens (including phenoxy) is 2.